The molecule has 0 aliphatic heterocycles. The molecular formula is C14H15ClFN3O. The van der Waals surface area contributed by atoms with E-state index in [1.165, 1.54) is 18.5 Å². The molecule has 0 saturated heterocycles. The predicted octanol–water partition coefficient (Wildman–Crippen LogP) is 2.54. The Morgan fingerprint density at radius 1 is 1.35 bits per heavy atom. The van der Waals surface area contributed by atoms with Gasteiger partial charge in [0.15, 0.2) is 0 Å². The maximum atomic E-state index is 13.0. The molecule has 106 valence electrons. The lowest BCUT2D eigenvalue weighted by Crippen LogP contribution is -2.29. The molecule has 0 bridgehead atoms. The molecule has 20 heavy (non-hydrogen) atoms. The molecule has 6 heteroatoms. The number of aliphatic hydroxyl groups is 1. The van der Waals surface area contributed by atoms with Crippen LogP contribution >= 0.6 is 11.6 Å². The fourth-order valence-corrected chi connectivity index (χ4v) is 2.74. The Bertz CT molecular complexity index is 569. The van der Waals surface area contributed by atoms with Crippen molar-refractivity contribution in [3.8, 4) is 0 Å². The topological polar surface area (TPSA) is 50.9 Å². The molecule has 0 spiro atoms. The summed E-state index contributed by atoms with van der Waals surface area (Å²) in [5.74, 6) is -0.503. The summed E-state index contributed by atoms with van der Waals surface area (Å²) in [7, 11) is 0. The SMILES string of the molecule is OC(c1ccc(F)cc1)C(Cn1cncn1)C1(Cl)CC1. The summed E-state index contributed by atoms with van der Waals surface area (Å²) in [6.45, 7) is 0.488. The molecule has 0 amide bonds. The molecule has 2 unspecified atom stereocenters. The van der Waals surface area contributed by atoms with E-state index < -0.39 is 11.0 Å². The van der Waals surface area contributed by atoms with Gasteiger partial charge in [0, 0.05) is 5.92 Å². The van der Waals surface area contributed by atoms with E-state index in [1.54, 1.807) is 23.1 Å². The van der Waals surface area contributed by atoms with Crippen molar-refractivity contribution in [2.24, 2.45) is 5.92 Å². The van der Waals surface area contributed by atoms with Crippen molar-refractivity contribution in [3.05, 3.63) is 48.3 Å². The smallest absolute Gasteiger partial charge is 0.137 e. The molecule has 1 saturated carbocycles. The number of hydrogen-bond donors (Lipinski definition) is 1. The third-order valence-electron chi connectivity index (χ3n) is 3.84. The lowest BCUT2D eigenvalue weighted by Gasteiger charge is -2.27. The zero-order valence-corrected chi connectivity index (χ0v) is 11.5. The van der Waals surface area contributed by atoms with Gasteiger partial charge in [-0.3, -0.25) is 4.68 Å². The van der Waals surface area contributed by atoms with E-state index in [-0.39, 0.29) is 11.7 Å². The fraction of sp³-hybridized carbons (Fsp3) is 0.429. The second kappa shape index (κ2) is 5.14. The van der Waals surface area contributed by atoms with Crippen LogP contribution in [0.25, 0.3) is 0 Å². The van der Waals surface area contributed by atoms with Gasteiger partial charge in [0.2, 0.25) is 0 Å². The van der Waals surface area contributed by atoms with E-state index >= 15 is 0 Å². The molecule has 1 heterocycles. The van der Waals surface area contributed by atoms with Gasteiger partial charge in [-0.15, -0.1) is 11.6 Å². The van der Waals surface area contributed by atoms with Crippen molar-refractivity contribution in [2.45, 2.75) is 30.4 Å². The molecule has 1 aliphatic carbocycles. The van der Waals surface area contributed by atoms with Gasteiger partial charge in [0.1, 0.15) is 18.5 Å². The monoisotopic (exact) mass is 295 g/mol. The summed E-state index contributed by atoms with van der Waals surface area (Å²) in [6.07, 6.45) is 4.04. The van der Waals surface area contributed by atoms with E-state index in [9.17, 15) is 9.50 Å². The molecular weight excluding hydrogens is 281 g/mol. The average molecular weight is 296 g/mol. The van der Waals surface area contributed by atoms with Gasteiger partial charge in [-0.25, -0.2) is 9.37 Å². The lowest BCUT2D eigenvalue weighted by molar-refractivity contribution is 0.0879. The molecule has 0 radical (unpaired) electrons. The maximum absolute atomic E-state index is 13.0. The first-order valence-electron chi connectivity index (χ1n) is 6.53. The van der Waals surface area contributed by atoms with Crippen LogP contribution in [-0.2, 0) is 6.54 Å². The number of rotatable bonds is 5. The average Bonchev–Trinajstić information content (AvgIpc) is 2.99. The van der Waals surface area contributed by atoms with Gasteiger partial charge in [-0.05, 0) is 30.5 Å². The van der Waals surface area contributed by atoms with Crippen LogP contribution in [0.5, 0.6) is 0 Å². The summed E-state index contributed by atoms with van der Waals surface area (Å²) >= 11 is 6.51. The Hall–Kier alpha value is -1.46. The van der Waals surface area contributed by atoms with Crippen LogP contribution in [0.4, 0.5) is 4.39 Å². The van der Waals surface area contributed by atoms with Crippen LogP contribution in [-0.4, -0.2) is 24.7 Å². The van der Waals surface area contributed by atoms with E-state index in [2.05, 4.69) is 10.1 Å². The van der Waals surface area contributed by atoms with Crippen molar-refractivity contribution in [3.63, 3.8) is 0 Å². The quantitative estimate of drug-likeness (QED) is 0.863. The zero-order valence-electron chi connectivity index (χ0n) is 10.8. The molecule has 2 aromatic rings. The van der Waals surface area contributed by atoms with Gasteiger partial charge in [0.25, 0.3) is 0 Å². The Morgan fingerprint density at radius 3 is 2.60 bits per heavy atom. The summed E-state index contributed by atoms with van der Waals surface area (Å²) in [5.41, 5.74) is 0.670. The number of halogens is 2. The second-order valence-electron chi connectivity index (χ2n) is 5.26. The van der Waals surface area contributed by atoms with Gasteiger partial charge >= 0.3 is 0 Å². The Labute approximate surface area is 121 Å². The molecule has 1 N–H and O–H groups in total. The zero-order chi connectivity index (χ0) is 14.2. The molecule has 1 aromatic carbocycles. The third-order valence-corrected chi connectivity index (χ3v) is 4.49. The van der Waals surface area contributed by atoms with Crippen LogP contribution in [0.3, 0.4) is 0 Å². The minimum atomic E-state index is -0.750. The summed E-state index contributed by atoms with van der Waals surface area (Å²) in [6, 6.07) is 5.88. The molecule has 2 atom stereocenters. The van der Waals surface area contributed by atoms with Gasteiger partial charge in [0.05, 0.1) is 17.5 Å². The van der Waals surface area contributed by atoms with Crippen molar-refractivity contribution in [1.82, 2.24) is 14.8 Å². The highest BCUT2D eigenvalue weighted by Crippen LogP contribution is 2.53. The molecule has 1 fully saturated rings. The fourth-order valence-electron chi connectivity index (χ4n) is 2.46. The number of aromatic nitrogens is 3. The molecule has 4 nitrogen and oxygen atoms in total. The van der Waals surface area contributed by atoms with Crippen LogP contribution in [0.15, 0.2) is 36.9 Å². The summed E-state index contributed by atoms with van der Waals surface area (Å²) in [4.78, 5) is 3.50. The van der Waals surface area contributed by atoms with E-state index in [1.807, 2.05) is 0 Å². The van der Waals surface area contributed by atoms with Crippen molar-refractivity contribution in [2.75, 3.05) is 0 Å². The minimum absolute atomic E-state index is 0.184. The first-order chi connectivity index (χ1) is 9.58. The normalized spacial score (nSPS) is 19.6. The molecule has 1 aromatic heterocycles. The molecule has 3 rings (SSSR count). The van der Waals surface area contributed by atoms with Crippen molar-refractivity contribution < 1.29 is 9.50 Å². The largest absolute Gasteiger partial charge is 0.388 e. The summed E-state index contributed by atoms with van der Waals surface area (Å²) < 4.78 is 14.6. The standard InChI is InChI=1S/C14H15ClFN3O/c15-14(5-6-14)12(7-19-9-17-8-18-19)13(20)10-1-3-11(16)4-2-10/h1-4,8-9,12-13,20H,5-7H2. The highest BCUT2D eigenvalue weighted by atomic mass is 35.5. The third kappa shape index (κ3) is 2.69. The number of nitrogens with zero attached hydrogens (tertiary/aromatic N) is 3. The van der Waals surface area contributed by atoms with Gasteiger partial charge in [-0.1, -0.05) is 12.1 Å². The Balaban J connectivity index is 1.83. The lowest BCUT2D eigenvalue weighted by atomic mass is 9.91. The number of benzene rings is 1. The highest BCUT2D eigenvalue weighted by Gasteiger charge is 2.51. The van der Waals surface area contributed by atoms with Gasteiger partial charge in [-0.2, -0.15) is 5.10 Å². The predicted molar refractivity (Wildman–Crippen MR) is 72.7 cm³/mol. The second-order valence-corrected chi connectivity index (χ2v) is 6.01. The van der Waals surface area contributed by atoms with E-state index in [0.717, 1.165) is 12.8 Å². The van der Waals surface area contributed by atoms with Crippen LogP contribution in [0.2, 0.25) is 0 Å². The van der Waals surface area contributed by atoms with Crippen LogP contribution in [0, 0.1) is 11.7 Å². The van der Waals surface area contributed by atoms with Crippen molar-refractivity contribution in [1.29, 1.82) is 0 Å². The first kappa shape index (κ1) is 13.5. The van der Waals surface area contributed by atoms with E-state index in [0.29, 0.717) is 12.1 Å². The Kier molecular flexibility index (Phi) is 3.48. The van der Waals surface area contributed by atoms with Crippen LogP contribution < -0.4 is 0 Å². The van der Waals surface area contributed by atoms with Crippen LogP contribution in [0.1, 0.15) is 24.5 Å². The maximum Gasteiger partial charge on any atom is 0.137 e. The van der Waals surface area contributed by atoms with E-state index in [4.69, 9.17) is 11.6 Å². The molecule has 1 aliphatic rings. The van der Waals surface area contributed by atoms with Crippen molar-refractivity contribution >= 4 is 11.6 Å². The number of alkyl halides is 1. The number of aliphatic hydroxyl groups excluding tert-OH is 1. The highest BCUT2D eigenvalue weighted by molar-refractivity contribution is 6.26. The Morgan fingerprint density at radius 2 is 2.05 bits per heavy atom. The summed E-state index contributed by atoms with van der Waals surface area (Å²) in [5, 5.41) is 14.6. The van der Waals surface area contributed by atoms with Gasteiger partial charge < -0.3 is 5.11 Å². The first-order valence-corrected chi connectivity index (χ1v) is 6.91. The number of hydrogen-bond acceptors (Lipinski definition) is 3. The minimum Gasteiger partial charge on any atom is -0.388 e.